The number of para-hydroxylation sites is 1. The van der Waals surface area contributed by atoms with Crippen LogP contribution < -0.4 is 9.64 Å². The number of fused-ring (bicyclic) bond motifs is 1. The van der Waals surface area contributed by atoms with Crippen molar-refractivity contribution in [1.82, 2.24) is 9.88 Å². The number of benzene rings is 1. The van der Waals surface area contributed by atoms with Gasteiger partial charge in [-0.15, -0.1) is 0 Å². The van der Waals surface area contributed by atoms with Crippen LogP contribution in [0.2, 0.25) is 0 Å². The summed E-state index contributed by atoms with van der Waals surface area (Å²) >= 11 is 0. The highest BCUT2D eigenvalue weighted by molar-refractivity contribution is 5.95. The second-order valence-corrected chi connectivity index (χ2v) is 6.45. The molecular weight excluding hydrogens is 286 g/mol. The van der Waals surface area contributed by atoms with Gasteiger partial charge in [0, 0.05) is 49.0 Å². The van der Waals surface area contributed by atoms with E-state index in [0.29, 0.717) is 6.04 Å². The third kappa shape index (κ3) is 2.57. The van der Waals surface area contributed by atoms with Gasteiger partial charge in [0.05, 0.1) is 7.11 Å². The molecule has 1 saturated heterocycles. The number of aromatic nitrogens is 1. The van der Waals surface area contributed by atoms with Gasteiger partial charge in [-0.05, 0) is 25.5 Å². The molecule has 1 atom stereocenters. The van der Waals surface area contributed by atoms with Gasteiger partial charge in [-0.1, -0.05) is 24.3 Å². The van der Waals surface area contributed by atoms with Gasteiger partial charge in [0.15, 0.2) is 0 Å². The SMILES string of the molecule is COc1cccc2c(N3CCC(N4CC=CC4)C3)cc(C)nc12. The van der Waals surface area contributed by atoms with Crippen molar-refractivity contribution in [2.45, 2.75) is 19.4 Å². The normalized spacial score (nSPS) is 21.5. The highest BCUT2D eigenvalue weighted by Crippen LogP contribution is 2.34. The number of ether oxygens (including phenoxy) is 1. The Morgan fingerprint density at radius 3 is 2.83 bits per heavy atom. The first kappa shape index (κ1) is 14.5. The van der Waals surface area contributed by atoms with Gasteiger partial charge in [-0.3, -0.25) is 4.90 Å². The van der Waals surface area contributed by atoms with Gasteiger partial charge in [-0.25, -0.2) is 4.98 Å². The highest BCUT2D eigenvalue weighted by atomic mass is 16.5. The van der Waals surface area contributed by atoms with Crippen LogP contribution in [0.4, 0.5) is 5.69 Å². The molecule has 120 valence electrons. The first-order valence-corrected chi connectivity index (χ1v) is 8.34. The van der Waals surface area contributed by atoms with E-state index in [9.17, 15) is 0 Å². The summed E-state index contributed by atoms with van der Waals surface area (Å²) in [6.45, 7) is 6.46. The van der Waals surface area contributed by atoms with Crippen molar-refractivity contribution < 1.29 is 4.74 Å². The molecule has 0 spiro atoms. The molecule has 23 heavy (non-hydrogen) atoms. The summed E-state index contributed by atoms with van der Waals surface area (Å²) in [6, 6.07) is 9.07. The van der Waals surface area contributed by atoms with E-state index in [1.54, 1.807) is 7.11 Å². The third-order valence-corrected chi connectivity index (χ3v) is 5.00. The van der Waals surface area contributed by atoms with Crippen LogP contribution in [0.3, 0.4) is 0 Å². The molecule has 4 nitrogen and oxygen atoms in total. The Morgan fingerprint density at radius 2 is 2.04 bits per heavy atom. The summed E-state index contributed by atoms with van der Waals surface area (Å²) in [5.41, 5.74) is 3.31. The van der Waals surface area contributed by atoms with Gasteiger partial charge in [-0.2, -0.15) is 0 Å². The van der Waals surface area contributed by atoms with E-state index < -0.39 is 0 Å². The zero-order valence-electron chi connectivity index (χ0n) is 13.8. The van der Waals surface area contributed by atoms with E-state index in [4.69, 9.17) is 9.72 Å². The molecule has 3 heterocycles. The number of aryl methyl sites for hydroxylation is 1. The van der Waals surface area contributed by atoms with E-state index in [1.165, 1.54) is 17.5 Å². The molecule has 0 saturated carbocycles. The first-order chi connectivity index (χ1) is 11.3. The Labute approximate surface area is 137 Å². The predicted molar refractivity (Wildman–Crippen MR) is 94.4 cm³/mol. The van der Waals surface area contributed by atoms with E-state index in [-0.39, 0.29) is 0 Å². The first-order valence-electron chi connectivity index (χ1n) is 8.34. The number of pyridine rings is 1. The average Bonchev–Trinajstić information content (AvgIpc) is 3.24. The predicted octanol–water partition coefficient (Wildman–Crippen LogP) is 3.00. The van der Waals surface area contributed by atoms with Gasteiger partial charge < -0.3 is 9.64 Å². The molecular formula is C19H23N3O. The molecule has 2 aromatic rings. The smallest absolute Gasteiger partial charge is 0.145 e. The number of hydrogen-bond donors (Lipinski definition) is 0. The van der Waals surface area contributed by atoms with Gasteiger partial charge in [0.25, 0.3) is 0 Å². The molecule has 1 fully saturated rings. The van der Waals surface area contributed by atoms with Crippen LogP contribution in [-0.4, -0.2) is 49.2 Å². The lowest BCUT2D eigenvalue weighted by Gasteiger charge is -2.25. The van der Waals surface area contributed by atoms with E-state index >= 15 is 0 Å². The van der Waals surface area contributed by atoms with Crippen LogP contribution in [-0.2, 0) is 0 Å². The molecule has 1 aromatic carbocycles. The van der Waals surface area contributed by atoms with Crippen LogP contribution >= 0.6 is 0 Å². The molecule has 1 unspecified atom stereocenters. The molecule has 2 aliphatic rings. The zero-order valence-corrected chi connectivity index (χ0v) is 13.8. The number of nitrogens with zero attached hydrogens (tertiary/aromatic N) is 3. The Bertz CT molecular complexity index is 748. The highest BCUT2D eigenvalue weighted by Gasteiger charge is 2.29. The lowest BCUT2D eigenvalue weighted by Crippen LogP contribution is -2.35. The standard InChI is InChI=1S/C19H23N3O/c1-14-12-17(16-6-5-7-18(23-2)19(16)20-14)22-11-8-15(13-22)21-9-3-4-10-21/h3-7,12,15H,8-11,13H2,1-2H3. The van der Waals surface area contributed by atoms with Gasteiger partial charge >= 0.3 is 0 Å². The van der Waals surface area contributed by atoms with Gasteiger partial charge in [0.2, 0.25) is 0 Å². The maximum Gasteiger partial charge on any atom is 0.145 e. The van der Waals surface area contributed by atoms with E-state index in [1.807, 2.05) is 6.07 Å². The Hall–Kier alpha value is -2.07. The van der Waals surface area contributed by atoms with Crippen LogP contribution in [0, 0.1) is 6.92 Å². The van der Waals surface area contributed by atoms with Crippen molar-refractivity contribution in [3.05, 3.63) is 42.1 Å². The second-order valence-electron chi connectivity index (χ2n) is 6.45. The molecule has 0 aliphatic carbocycles. The van der Waals surface area contributed by atoms with Crippen LogP contribution in [0.25, 0.3) is 10.9 Å². The molecule has 0 N–H and O–H groups in total. The van der Waals surface area contributed by atoms with Crippen molar-refractivity contribution in [2.24, 2.45) is 0 Å². The summed E-state index contributed by atoms with van der Waals surface area (Å²) in [5.74, 6) is 0.854. The Kier molecular flexibility index (Phi) is 3.69. The fourth-order valence-corrected chi connectivity index (χ4v) is 3.81. The van der Waals surface area contributed by atoms with Crippen LogP contribution in [0.5, 0.6) is 5.75 Å². The fourth-order valence-electron chi connectivity index (χ4n) is 3.81. The second kappa shape index (κ2) is 5.85. The van der Waals surface area contributed by atoms with Crippen molar-refractivity contribution in [3.8, 4) is 5.75 Å². The van der Waals surface area contributed by atoms with E-state index in [2.05, 4.69) is 47.1 Å². The van der Waals surface area contributed by atoms with Gasteiger partial charge in [0.1, 0.15) is 11.3 Å². The molecule has 2 aliphatic heterocycles. The summed E-state index contributed by atoms with van der Waals surface area (Å²) < 4.78 is 5.51. The topological polar surface area (TPSA) is 28.6 Å². The summed E-state index contributed by atoms with van der Waals surface area (Å²) in [6.07, 6.45) is 5.79. The lowest BCUT2D eigenvalue weighted by molar-refractivity contribution is 0.271. The molecule has 4 rings (SSSR count). The van der Waals surface area contributed by atoms with E-state index in [0.717, 1.165) is 43.1 Å². The van der Waals surface area contributed by atoms with Crippen LogP contribution in [0.15, 0.2) is 36.4 Å². The maximum atomic E-state index is 5.51. The number of methoxy groups -OCH3 is 1. The molecule has 1 aromatic heterocycles. The fraction of sp³-hybridized carbons (Fsp3) is 0.421. The monoisotopic (exact) mass is 309 g/mol. The minimum absolute atomic E-state index is 0.652. The minimum Gasteiger partial charge on any atom is -0.494 e. The largest absolute Gasteiger partial charge is 0.494 e. The number of hydrogen-bond acceptors (Lipinski definition) is 4. The Balaban J connectivity index is 1.69. The number of rotatable bonds is 3. The third-order valence-electron chi connectivity index (χ3n) is 5.00. The summed E-state index contributed by atoms with van der Waals surface area (Å²) in [4.78, 5) is 9.78. The Morgan fingerprint density at radius 1 is 1.22 bits per heavy atom. The molecule has 4 heteroatoms. The summed E-state index contributed by atoms with van der Waals surface area (Å²) in [5, 5.41) is 1.19. The van der Waals surface area contributed by atoms with Crippen molar-refractivity contribution >= 4 is 16.6 Å². The zero-order chi connectivity index (χ0) is 15.8. The van der Waals surface area contributed by atoms with Crippen molar-refractivity contribution in [2.75, 3.05) is 38.2 Å². The van der Waals surface area contributed by atoms with Crippen LogP contribution in [0.1, 0.15) is 12.1 Å². The van der Waals surface area contributed by atoms with Crippen molar-refractivity contribution in [3.63, 3.8) is 0 Å². The molecule has 0 radical (unpaired) electrons. The average molecular weight is 309 g/mol. The lowest BCUT2D eigenvalue weighted by atomic mass is 10.1. The minimum atomic E-state index is 0.652. The summed E-state index contributed by atoms with van der Waals surface area (Å²) in [7, 11) is 1.71. The maximum absolute atomic E-state index is 5.51. The molecule has 0 amide bonds. The molecule has 0 bridgehead atoms. The quantitative estimate of drug-likeness (QED) is 0.815. The van der Waals surface area contributed by atoms with Crippen molar-refractivity contribution in [1.29, 1.82) is 0 Å². The number of anilines is 1.